The van der Waals surface area contributed by atoms with E-state index in [9.17, 15) is 0 Å². The van der Waals surface area contributed by atoms with Gasteiger partial charge in [-0.2, -0.15) is 9.90 Å². The summed E-state index contributed by atoms with van der Waals surface area (Å²) in [7, 11) is 1.78. The van der Waals surface area contributed by atoms with Gasteiger partial charge >= 0.3 is 0 Å². The summed E-state index contributed by atoms with van der Waals surface area (Å²) in [5.41, 5.74) is 0. The third-order valence-electron chi connectivity index (χ3n) is 2.90. The summed E-state index contributed by atoms with van der Waals surface area (Å²) in [5.74, 6) is 2.42. The van der Waals surface area contributed by atoms with Gasteiger partial charge in [0, 0.05) is 11.8 Å². The Kier molecular flexibility index (Phi) is 3.46. The number of H-pyrrole nitrogens is 1. The Hall–Kier alpha value is -1.79. The Bertz CT molecular complexity index is 447. The normalized spacial score (nSPS) is 14.8. The van der Waals surface area contributed by atoms with Crippen LogP contribution in [0.25, 0.3) is 0 Å². The van der Waals surface area contributed by atoms with Crippen molar-refractivity contribution >= 4 is 0 Å². The topological polar surface area (TPSA) is 85.2 Å². The van der Waals surface area contributed by atoms with Gasteiger partial charge in [-0.3, -0.25) is 5.10 Å². The van der Waals surface area contributed by atoms with Crippen LogP contribution in [0.4, 0.5) is 0 Å². The van der Waals surface area contributed by atoms with Gasteiger partial charge in [0.2, 0.25) is 0 Å². The van der Waals surface area contributed by atoms with Crippen LogP contribution in [0.2, 0.25) is 0 Å². The molecule has 0 saturated heterocycles. The molecule has 0 saturated carbocycles. The third kappa shape index (κ3) is 2.86. The summed E-state index contributed by atoms with van der Waals surface area (Å²) >= 11 is 0. The molecule has 7 heteroatoms. The molecule has 1 N–H and O–H groups in total. The van der Waals surface area contributed by atoms with E-state index in [-0.39, 0.29) is 0 Å². The Morgan fingerprint density at radius 1 is 1.29 bits per heavy atom. The zero-order valence-corrected chi connectivity index (χ0v) is 10.3. The van der Waals surface area contributed by atoms with E-state index in [1.165, 1.54) is 4.80 Å². The molecule has 0 bridgehead atoms. The van der Waals surface area contributed by atoms with Crippen molar-refractivity contribution in [2.45, 2.75) is 38.5 Å². The predicted octanol–water partition coefficient (Wildman–Crippen LogP) is 1.02. The Balaban J connectivity index is 1.86. The van der Waals surface area contributed by atoms with Crippen molar-refractivity contribution in [3.05, 3.63) is 18.0 Å². The lowest BCUT2D eigenvalue weighted by Gasteiger charge is -2.10. The molecule has 2 atom stereocenters. The van der Waals surface area contributed by atoms with Gasteiger partial charge in [-0.25, -0.2) is 4.98 Å². The molecule has 0 spiro atoms. The Morgan fingerprint density at radius 2 is 2.06 bits per heavy atom. The van der Waals surface area contributed by atoms with Crippen LogP contribution >= 0.6 is 0 Å². The number of rotatable bonds is 5. The number of nitrogens with zero attached hydrogens (tertiary/aromatic N) is 6. The SMILES string of the molecule is CC(CCC(C)c1ncn[nH]1)c1nnn(C)n1. The van der Waals surface area contributed by atoms with Crippen LogP contribution in [-0.4, -0.2) is 35.4 Å². The van der Waals surface area contributed by atoms with Gasteiger partial charge in [0.05, 0.1) is 7.05 Å². The van der Waals surface area contributed by atoms with Gasteiger partial charge in [0.15, 0.2) is 5.82 Å². The van der Waals surface area contributed by atoms with E-state index in [1.54, 1.807) is 13.4 Å². The number of hydrogen-bond donors (Lipinski definition) is 1. The average molecular weight is 235 g/mol. The van der Waals surface area contributed by atoms with Crippen molar-refractivity contribution in [1.82, 2.24) is 35.4 Å². The lowest BCUT2D eigenvalue weighted by Crippen LogP contribution is -2.02. The molecule has 7 nitrogen and oxygen atoms in total. The fraction of sp³-hybridized carbons (Fsp3) is 0.700. The minimum Gasteiger partial charge on any atom is -0.263 e. The molecule has 2 unspecified atom stereocenters. The van der Waals surface area contributed by atoms with E-state index in [2.05, 4.69) is 44.4 Å². The second-order valence-corrected chi connectivity index (χ2v) is 4.39. The minimum absolute atomic E-state index is 0.314. The number of nitrogens with one attached hydrogen (secondary N) is 1. The smallest absolute Gasteiger partial charge is 0.177 e. The predicted molar refractivity (Wildman–Crippen MR) is 61.2 cm³/mol. The van der Waals surface area contributed by atoms with Crippen molar-refractivity contribution < 1.29 is 0 Å². The average Bonchev–Trinajstić information content (AvgIpc) is 2.95. The van der Waals surface area contributed by atoms with Gasteiger partial charge < -0.3 is 0 Å². The standard InChI is InChI=1S/C10H17N7/c1-7(9-11-6-12-13-9)4-5-8(2)10-14-16-17(3)15-10/h6-8H,4-5H2,1-3H3,(H,11,12,13). The van der Waals surface area contributed by atoms with Gasteiger partial charge in [-0.05, 0) is 18.1 Å². The van der Waals surface area contributed by atoms with Crippen LogP contribution in [0.15, 0.2) is 6.33 Å². The summed E-state index contributed by atoms with van der Waals surface area (Å²) < 4.78 is 0. The molecule has 0 aromatic carbocycles. The Labute approximate surface area is 99.6 Å². The number of aromatic amines is 1. The van der Waals surface area contributed by atoms with E-state index in [1.807, 2.05) is 0 Å². The van der Waals surface area contributed by atoms with Crippen molar-refractivity contribution in [1.29, 1.82) is 0 Å². The maximum Gasteiger partial charge on any atom is 0.177 e. The number of aryl methyl sites for hydroxylation is 1. The number of hydrogen-bond acceptors (Lipinski definition) is 5. The first kappa shape index (κ1) is 11.7. The fourth-order valence-electron chi connectivity index (χ4n) is 1.71. The summed E-state index contributed by atoms with van der Waals surface area (Å²) in [5, 5.41) is 18.8. The molecule has 2 rings (SSSR count). The molecular weight excluding hydrogens is 218 g/mol. The van der Waals surface area contributed by atoms with Crippen LogP contribution in [0.3, 0.4) is 0 Å². The van der Waals surface area contributed by atoms with E-state index >= 15 is 0 Å². The van der Waals surface area contributed by atoms with Gasteiger partial charge in [-0.1, -0.05) is 13.8 Å². The Morgan fingerprint density at radius 3 is 2.65 bits per heavy atom. The first-order valence-corrected chi connectivity index (χ1v) is 5.76. The largest absolute Gasteiger partial charge is 0.263 e. The minimum atomic E-state index is 0.314. The highest BCUT2D eigenvalue weighted by molar-refractivity contribution is 4.93. The zero-order chi connectivity index (χ0) is 12.3. The molecular formula is C10H17N7. The van der Waals surface area contributed by atoms with E-state index in [0.29, 0.717) is 11.8 Å². The first-order valence-electron chi connectivity index (χ1n) is 5.76. The number of aromatic nitrogens is 7. The third-order valence-corrected chi connectivity index (χ3v) is 2.90. The summed E-state index contributed by atoms with van der Waals surface area (Å²) in [6, 6.07) is 0. The second kappa shape index (κ2) is 5.03. The molecule has 0 aliphatic rings. The highest BCUT2D eigenvalue weighted by atomic mass is 15.6. The lowest BCUT2D eigenvalue weighted by molar-refractivity contribution is 0.537. The monoisotopic (exact) mass is 235 g/mol. The van der Waals surface area contributed by atoms with E-state index < -0.39 is 0 Å². The summed E-state index contributed by atoms with van der Waals surface area (Å²) in [6.07, 6.45) is 3.57. The maximum absolute atomic E-state index is 4.21. The lowest BCUT2D eigenvalue weighted by atomic mass is 9.97. The van der Waals surface area contributed by atoms with Crippen molar-refractivity contribution in [2.75, 3.05) is 0 Å². The van der Waals surface area contributed by atoms with Gasteiger partial charge in [0.1, 0.15) is 12.2 Å². The molecule has 0 amide bonds. The molecule has 17 heavy (non-hydrogen) atoms. The molecule has 2 aromatic rings. The molecule has 2 heterocycles. The van der Waals surface area contributed by atoms with E-state index in [0.717, 1.165) is 24.5 Å². The van der Waals surface area contributed by atoms with E-state index in [4.69, 9.17) is 0 Å². The van der Waals surface area contributed by atoms with Gasteiger partial charge in [-0.15, -0.1) is 10.2 Å². The zero-order valence-electron chi connectivity index (χ0n) is 10.3. The molecule has 0 radical (unpaired) electrons. The molecule has 0 aliphatic heterocycles. The van der Waals surface area contributed by atoms with Crippen LogP contribution in [0.1, 0.15) is 50.2 Å². The highest BCUT2D eigenvalue weighted by Gasteiger charge is 2.15. The van der Waals surface area contributed by atoms with Crippen molar-refractivity contribution in [3.63, 3.8) is 0 Å². The fourth-order valence-corrected chi connectivity index (χ4v) is 1.71. The highest BCUT2D eigenvalue weighted by Crippen LogP contribution is 2.23. The molecule has 92 valence electrons. The van der Waals surface area contributed by atoms with Crippen LogP contribution in [0.5, 0.6) is 0 Å². The first-order chi connectivity index (χ1) is 8.16. The molecule has 0 fully saturated rings. The summed E-state index contributed by atoms with van der Waals surface area (Å²) in [4.78, 5) is 5.65. The molecule has 2 aromatic heterocycles. The second-order valence-electron chi connectivity index (χ2n) is 4.39. The maximum atomic E-state index is 4.21. The van der Waals surface area contributed by atoms with Crippen molar-refractivity contribution in [3.8, 4) is 0 Å². The van der Waals surface area contributed by atoms with Crippen LogP contribution in [0, 0.1) is 0 Å². The summed E-state index contributed by atoms with van der Waals surface area (Å²) in [6.45, 7) is 4.25. The quantitative estimate of drug-likeness (QED) is 0.836. The van der Waals surface area contributed by atoms with Gasteiger partial charge in [0.25, 0.3) is 0 Å². The number of tetrazole rings is 1. The van der Waals surface area contributed by atoms with Crippen molar-refractivity contribution in [2.24, 2.45) is 7.05 Å². The van der Waals surface area contributed by atoms with Crippen LogP contribution < -0.4 is 0 Å². The molecule has 0 aliphatic carbocycles. The van der Waals surface area contributed by atoms with Crippen LogP contribution in [-0.2, 0) is 7.05 Å².